The van der Waals surface area contributed by atoms with E-state index in [4.69, 9.17) is 4.74 Å². The first-order valence-corrected chi connectivity index (χ1v) is 8.76. The minimum absolute atomic E-state index is 0.413. The standard InChI is InChI=1S/C17H27BrN2O/c1-3-19-11-14-7-8-15(17(18)10-14)12-20(2)13-16-6-4-5-9-21-16/h7-8,10,16,19H,3-6,9,11-13H2,1-2H3. The Kier molecular flexibility index (Phi) is 7.17. The molecule has 2 rings (SSSR count). The summed E-state index contributed by atoms with van der Waals surface area (Å²) in [4.78, 5) is 2.36. The number of hydrogen-bond donors (Lipinski definition) is 1. The van der Waals surface area contributed by atoms with Gasteiger partial charge in [-0.3, -0.25) is 4.90 Å². The van der Waals surface area contributed by atoms with Gasteiger partial charge in [0.2, 0.25) is 0 Å². The van der Waals surface area contributed by atoms with Crippen LogP contribution in [-0.2, 0) is 17.8 Å². The molecule has 0 bridgehead atoms. The molecule has 0 radical (unpaired) electrons. The fraction of sp³-hybridized carbons (Fsp3) is 0.647. The SMILES string of the molecule is CCNCc1ccc(CN(C)CC2CCCCO2)c(Br)c1. The molecule has 1 aliphatic heterocycles. The average molecular weight is 355 g/mol. The molecule has 1 atom stereocenters. The Morgan fingerprint density at radius 2 is 2.24 bits per heavy atom. The Morgan fingerprint density at radius 1 is 1.38 bits per heavy atom. The highest BCUT2D eigenvalue weighted by Gasteiger charge is 2.16. The number of ether oxygens (including phenoxy) is 1. The van der Waals surface area contributed by atoms with Crippen molar-refractivity contribution < 1.29 is 4.74 Å². The summed E-state index contributed by atoms with van der Waals surface area (Å²) in [5, 5.41) is 3.36. The molecule has 0 amide bonds. The molecule has 0 aromatic heterocycles. The number of hydrogen-bond acceptors (Lipinski definition) is 3. The van der Waals surface area contributed by atoms with E-state index in [-0.39, 0.29) is 0 Å². The lowest BCUT2D eigenvalue weighted by Gasteiger charge is -2.27. The van der Waals surface area contributed by atoms with Gasteiger partial charge in [0, 0.05) is 30.7 Å². The second-order valence-electron chi connectivity index (χ2n) is 5.89. The number of nitrogens with zero attached hydrogens (tertiary/aromatic N) is 1. The van der Waals surface area contributed by atoms with Crippen molar-refractivity contribution in [2.45, 2.75) is 45.4 Å². The Morgan fingerprint density at radius 3 is 2.90 bits per heavy atom. The molecule has 1 saturated heterocycles. The van der Waals surface area contributed by atoms with Gasteiger partial charge in [0.25, 0.3) is 0 Å². The van der Waals surface area contributed by atoms with Gasteiger partial charge in [-0.15, -0.1) is 0 Å². The average Bonchev–Trinajstić information content (AvgIpc) is 2.48. The molecule has 0 aliphatic carbocycles. The van der Waals surface area contributed by atoms with Crippen LogP contribution in [0.4, 0.5) is 0 Å². The van der Waals surface area contributed by atoms with E-state index in [1.165, 1.54) is 34.9 Å². The summed E-state index contributed by atoms with van der Waals surface area (Å²) < 4.78 is 7.02. The van der Waals surface area contributed by atoms with E-state index in [9.17, 15) is 0 Å². The lowest BCUT2D eigenvalue weighted by molar-refractivity contribution is -0.00261. The molecule has 4 heteroatoms. The van der Waals surface area contributed by atoms with Crippen LogP contribution < -0.4 is 5.32 Å². The van der Waals surface area contributed by atoms with Crippen LogP contribution >= 0.6 is 15.9 Å². The van der Waals surface area contributed by atoms with Crippen LogP contribution in [0.3, 0.4) is 0 Å². The minimum atomic E-state index is 0.413. The van der Waals surface area contributed by atoms with E-state index in [1.807, 2.05) is 0 Å². The third kappa shape index (κ3) is 5.70. The van der Waals surface area contributed by atoms with Crippen molar-refractivity contribution in [3.8, 4) is 0 Å². The van der Waals surface area contributed by atoms with Gasteiger partial charge in [0.1, 0.15) is 0 Å². The minimum Gasteiger partial charge on any atom is -0.377 e. The summed E-state index contributed by atoms with van der Waals surface area (Å²) >= 11 is 3.71. The van der Waals surface area contributed by atoms with Crippen molar-refractivity contribution in [2.75, 3.05) is 26.7 Å². The van der Waals surface area contributed by atoms with Crippen molar-refractivity contribution in [1.29, 1.82) is 0 Å². The molecular formula is C17H27BrN2O. The highest BCUT2D eigenvalue weighted by Crippen LogP contribution is 2.21. The molecule has 1 aromatic carbocycles. The third-order valence-corrected chi connectivity index (χ3v) is 4.66. The van der Waals surface area contributed by atoms with Gasteiger partial charge in [-0.1, -0.05) is 35.0 Å². The smallest absolute Gasteiger partial charge is 0.0702 e. The summed E-state index contributed by atoms with van der Waals surface area (Å²) in [6.45, 7) is 6.98. The fourth-order valence-electron chi connectivity index (χ4n) is 2.75. The molecule has 21 heavy (non-hydrogen) atoms. The molecule has 1 N–H and O–H groups in total. The van der Waals surface area contributed by atoms with Crippen molar-refractivity contribution in [3.05, 3.63) is 33.8 Å². The van der Waals surface area contributed by atoms with E-state index >= 15 is 0 Å². The first-order chi connectivity index (χ1) is 10.2. The zero-order valence-corrected chi connectivity index (χ0v) is 14.8. The van der Waals surface area contributed by atoms with E-state index < -0.39 is 0 Å². The van der Waals surface area contributed by atoms with E-state index in [0.717, 1.165) is 32.8 Å². The molecule has 1 aromatic rings. The second-order valence-corrected chi connectivity index (χ2v) is 6.75. The van der Waals surface area contributed by atoms with Crippen LogP contribution in [0.1, 0.15) is 37.3 Å². The number of halogens is 1. The number of nitrogens with one attached hydrogen (secondary N) is 1. The van der Waals surface area contributed by atoms with Gasteiger partial charge < -0.3 is 10.1 Å². The highest BCUT2D eigenvalue weighted by molar-refractivity contribution is 9.10. The molecule has 0 saturated carbocycles. The normalized spacial score (nSPS) is 19.1. The van der Waals surface area contributed by atoms with E-state index in [1.54, 1.807) is 0 Å². The predicted octanol–water partition coefficient (Wildman–Crippen LogP) is 3.56. The summed E-state index contributed by atoms with van der Waals surface area (Å²) in [7, 11) is 2.18. The Bertz CT molecular complexity index is 433. The molecule has 118 valence electrons. The van der Waals surface area contributed by atoms with Crippen molar-refractivity contribution in [2.24, 2.45) is 0 Å². The quantitative estimate of drug-likeness (QED) is 0.810. The molecule has 1 aliphatic rings. The summed E-state index contributed by atoms with van der Waals surface area (Å²) in [5.74, 6) is 0. The fourth-order valence-corrected chi connectivity index (χ4v) is 3.30. The van der Waals surface area contributed by atoms with Gasteiger partial charge >= 0.3 is 0 Å². The second kappa shape index (κ2) is 8.89. The van der Waals surface area contributed by atoms with Crippen molar-refractivity contribution >= 4 is 15.9 Å². The first kappa shape index (κ1) is 16.9. The lowest BCUT2D eigenvalue weighted by atomic mass is 10.1. The van der Waals surface area contributed by atoms with Crippen LogP contribution in [0.25, 0.3) is 0 Å². The van der Waals surface area contributed by atoms with Gasteiger partial charge in [-0.05, 0) is 50.0 Å². The van der Waals surface area contributed by atoms with E-state index in [0.29, 0.717) is 6.10 Å². The molecule has 1 unspecified atom stereocenters. The first-order valence-electron chi connectivity index (χ1n) is 7.97. The van der Waals surface area contributed by atoms with Crippen LogP contribution in [0.5, 0.6) is 0 Å². The van der Waals surface area contributed by atoms with Crippen LogP contribution in [0, 0.1) is 0 Å². The van der Waals surface area contributed by atoms with Crippen LogP contribution in [0.15, 0.2) is 22.7 Å². The maximum Gasteiger partial charge on any atom is 0.0702 e. The molecule has 3 nitrogen and oxygen atoms in total. The van der Waals surface area contributed by atoms with Gasteiger partial charge in [-0.2, -0.15) is 0 Å². The Labute approximate surface area is 137 Å². The third-order valence-electron chi connectivity index (χ3n) is 3.93. The number of benzene rings is 1. The van der Waals surface area contributed by atoms with Gasteiger partial charge in [0.05, 0.1) is 6.10 Å². The summed E-state index contributed by atoms with van der Waals surface area (Å²) in [5.41, 5.74) is 2.67. The molecule has 1 fully saturated rings. The van der Waals surface area contributed by atoms with E-state index in [2.05, 4.69) is 58.3 Å². The topological polar surface area (TPSA) is 24.5 Å². The monoisotopic (exact) mass is 354 g/mol. The van der Waals surface area contributed by atoms with Gasteiger partial charge in [0.15, 0.2) is 0 Å². The van der Waals surface area contributed by atoms with Gasteiger partial charge in [-0.25, -0.2) is 0 Å². The lowest BCUT2D eigenvalue weighted by Crippen LogP contribution is -2.33. The number of rotatable bonds is 7. The van der Waals surface area contributed by atoms with Crippen LogP contribution in [-0.4, -0.2) is 37.7 Å². The molecule has 0 spiro atoms. The number of likely N-dealkylation sites (N-methyl/N-ethyl adjacent to an activating group) is 1. The van der Waals surface area contributed by atoms with Crippen LogP contribution in [0.2, 0.25) is 0 Å². The molecular weight excluding hydrogens is 328 g/mol. The summed E-state index contributed by atoms with van der Waals surface area (Å²) in [6, 6.07) is 6.67. The largest absolute Gasteiger partial charge is 0.377 e. The summed E-state index contributed by atoms with van der Waals surface area (Å²) in [6.07, 6.45) is 4.14. The zero-order valence-electron chi connectivity index (χ0n) is 13.2. The predicted molar refractivity (Wildman–Crippen MR) is 91.4 cm³/mol. The highest BCUT2D eigenvalue weighted by atomic mass is 79.9. The van der Waals surface area contributed by atoms with Crippen molar-refractivity contribution in [3.63, 3.8) is 0 Å². The van der Waals surface area contributed by atoms with Crippen molar-refractivity contribution in [1.82, 2.24) is 10.2 Å². The maximum atomic E-state index is 5.82. The molecule has 1 heterocycles. The Hall–Kier alpha value is -0.420. The maximum absolute atomic E-state index is 5.82. The Balaban J connectivity index is 1.86. The zero-order chi connectivity index (χ0) is 15.1.